The van der Waals surface area contributed by atoms with Crippen molar-refractivity contribution in [2.45, 2.75) is 32.3 Å². The molecule has 0 spiro atoms. The number of ether oxygens (including phenoxy) is 1. The Morgan fingerprint density at radius 2 is 1.89 bits per heavy atom. The highest BCUT2D eigenvalue weighted by atomic mass is 16.5. The lowest BCUT2D eigenvalue weighted by Crippen LogP contribution is -2.22. The van der Waals surface area contributed by atoms with Crippen LogP contribution in [0.5, 0.6) is 5.75 Å². The van der Waals surface area contributed by atoms with Crippen molar-refractivity contribution in [1.29, 1.82) is 0 Å². The van der Waals surface area contributed by atoms with Crippen molar-refractivity contribution in [3.63, 3.8) is 0 Å². The summed E-state index contributed by atoms with van der Waals surface area (Å²) in [6, 6.07) is 10.7. The van der Waals surface area contributed by atoms with Crippen molar-refractivity contribution in [3.05, 3.63) is 53.9 Å². The van der Waals surface area contributed by atoms with Gasteiger partial charge in [0.15, 0.2) is 17.3 Å². The number of amides is 2. The van der Waals surface area contributed by atoms with Crippen molar-refractivity contribution in [1.82, 2.24) is 20.5 Å². The van der Waals surface area contributed by atoms with Gasteiger partial charge in [-0.25, -0.2) is 0 Å². The Morgan fingerprint density at radius 1 is 1.11 bits per heavy atom. The maximum atomic E-state index is 12.4. The number of benzene rings is 1. The van der Waals surface area contributed by atoms with Crippen molar-refractivity contribution in [2.24, 2.45) is 5.92 Å². The first-order valence-corrected chi connectivity index (χ1v) is 11.2. The lowest BCUT2D eigenvalue weighted by Gasteiger charge is -2.19. The van der Waals surface area contributed by atoms with E-state index in [-0.39, 0.29) is 23.3 Å². The largest absolute Gasteiger partial charge is 0.494 e. The molecule has 4 rings (SSSR count). The Hall–Kier alpha value is -4.05. The average molecular weight is 477 g/mol. The topological polar surface area (TPSA) is 138 Å². The molecule has 10 nitrogen and oxygen atoms in total. The first-order valence-electron chi connectivity index (χ1n) is 11.2. The minimum absolute atomic E-state index is 0.00102. The van der Waals surface area contributed by atoms with Gasteiger partial charge in [-0.2, -0.15) is 0 Å². The second-order valence-electron chi connectivity index (χ2n) is 8.84. The lowest BCUT2D eigenvalue weighted by molar-refractivity contribution is -0.117. The molecule has 0 unspecified atom stereocenters. The molecule has 2 aromatic heterocycles. The number of aliphatic hydroxyl groups is 1. The molecule has 2 heterocycles. The predicted molar refractivity (Wildman–Crippen MR) is 132 cm³/mol. The summed E-state index contributed by atoms with van der Waals surface area (Å²) in [6.45, 7) is 3.39. The van der Waals surface area contributed by atoms with Crippen molar-refractivity contribution in [3.8, 4) is 17.0 Å². The number of hydrogen-bond acceptors (Lipinski definition) is 8. The molecular weight excluding hydrogens is 448 g/mol. The fraction of sp³-hybridized carbons (Fsp3) is 0.320. The highest BCUT2D eigenvalue weighted by molar-refractivity contribution is 6.00. The molecule has 0 bridgehead atoms. The van der Waals surface area contributed by atoms with Crippen LogP contribution < -0.4 is 20.7 Å². The van der Waals surface area contributed by atoms with Gasteiger partial charge in [-0.15, -0.1) is 10.2 Å². The minimum atomic E-state index is -1.00. The van der Waals surface area contributed by atoms with E-state index in [0.29, 0.717) is 33.9 Å². The maximum absolute atomic E-state index is 12.4. The summed E-state index contributed by atoms with van der Waals surface area (Å²) in [5.41, 5.74) is 2.03. The average Bonchev–Trinajstić information content (AvgIpc) is 3.69. The molecule has 0 aliphatic heterocycles. The van der Waals surface area contributed by atoms with Gasteiger partial charge in [-0.1, -0.05) is 12.1 Å². The summed E-state index contributed by atoms with van der Waals surface area (Å²) in [5.74, 6) is 0.200. The van der Waals surface area contributed by atoms with Crippen LogP contribution >= 0.6 is 0 Å². The van der Waals surface area contributed by atoms with Gasteiger partial charge in [-0.05, 0) is 44.9 Å². The Labute approximate surface area is 203 Å². The Morgan fingerprint density at radius 3 is 2.49 bits per heavy atom. The van der Waals surface area contributed by atoms with E-state index in [4.69, 9.17) is 4.74 Å². The van der Waals surface area contributed by atoms with E-state index in [1.165, 1.54) is 7.05 Å². The molecule has 0 atom stereocenters. The Bertz CT molecular complexity index is 1250. The minimum Gasteiger partial charge on any atom is -0.494 e. The number of pyridine rings is 1. The summed E-state index contributed by atoms with van der Waals surface area (Å²) in [7, 11) is 3.04. The second-order valence-corrected chi connectivity index (χ2v) is 8.84. The van der Waals surface area contributed by atoms with E-state index < -0.39 is 11.5 Å². The van der Waals surface area contributed by atoms with Gasteiger partial charge in [0.25, 0.3) is 5.91 Å². The standard InChI is InChI=1S/C25H28N6O4/c1-25(2,34)15-10-11-17(27-13-15)16-6-5-7-18(22(16)35-4)28-19-12-20(29-23(32)14-8-9-14)30-31-21(19)24(33)26-3/h5-7,10-14,34H,8-9H2,1-4H3,(H,26,33)(H2,28,29,30,32). The van der Waals surface area contributed by atoms with Crippen molar-refractivity contribution < 1.29 is 19.4 Å². The SMILES string of the molecule is CNC(=O)c1nnc(NC(=O)C2CC2)cc1Nc1cccc(-c2ccc(C(C)(C)O)cn2)c1OC. The molecule has 0 saturated heterocycles. The van der Waals surface area contributed by atoms with Crippen LogP contribution in [0.1, 0.15) is 42.7 Å². The van der Waals surface area contributed by atoms with E-state index in [2.05, 4.69) is 31.1 Å². The van der Waals surface area contributed by atoms with Gasteiger partial charge in [0.05, 0.1) is 29.8 Å². The molecule has 1 saturated carbocycles. The number of anilines is 3. The van der Waals surface area contributed by atoms with E-state index in [1.54, 1.807) is 39.3 Å². The molecule has 35 heavy (non-hydrogen) atoms. The van der Waals surface area contributed by atoms with Crippen LogP contribution in [0.3, 0.4) is 0 Å². The van der Waals surface area contributed by atoms with Gasteiger partial charge >= 0.3 is 0 Å². The third kappa shape index (κ3) is 5.38. The molecule has 4 N–H and O–H groups in total. The van der Waals surface area contributed by atoms with Gasteiger partial charge in [0.2, 0.25) is 5.91 Å². The number of nitrogens with one attached hydrogen (secondary N) is 3. The van der Waals surface area contributed by atoms with Gasteiger partial charge < -0.3 is 25.8 Å². The number of para-hydroxylation sites is 1. The van der Waals surface area contributed by atoms with E-state index in [9.17, 15) is 14.7 Å². The molecule has 10 heteroatoms. The lowest BCUT2D eigenvalue weighted by atomic mass is 9.99. The maximum Gasteiger partial charge on any atom is 0.273 e. The Balaban J connectivity index is 1.70. The van der Waals surface area contributed by atoms with Gasteiger partial charge in [-0.3, -0.25) is 14.6 Å². The van der Waals surface area contributed by atoms with Crippen LogP contribution in [0.15, 0.2) is 42.6 Å². The van der Waals surface area contributed by atoms with E-state index in [0.717, 1.165) is 12.8 Å². The second kappa shape index (κ2) is 9.67. The Kier molecular flexibility index (Phi) is 6.65. The van der Waals surface area contributed by atoms with Crippen LogP contribution in [0.4, 0.5) is 17.2 Å². The zero-order chi connectivity index (χ0) is 25.2. The van der Waals surface area contributed by atoms with E-state index >= 15 is 0 Å². The van der Waals surface area contributed by atoms with Crippen LogP contribution in [0, 0.1) is 5.92 Å². The number of carbonyl (C=O) groups is 2. The zero-order valence-corrected chi connectivity index (χ0v) is 20.0. The number of carbonyl (C=O) groups excluding carboxylic acids is 2. The third-order valence-corrected chi connectivity index (χ3v) is 5.67. The normalized spacial score (nSPS) is 13.2. The van der Waals surface area contributed by atoms with Crippen LogP contribution in [0.25, 0.3) is 11.3 Å². The van der Waals surface area contributed by atoms with Crippen molar-refractivity contribution in [2.75, 3.05) is 24.8 Å². The summed E-state index contributed by atoms with van der Waals surface area (Å²) in [5, 5.41) is 26.7. The fourth-order valence-electron chi connectivity index (χ4n) is 3.53. The third-order valence-electron chi connectivity index (χ3n) is 5.67. The number of hydrogen-bond donors (Lipinski definition) is 4. The molecule has 3 aromatic rings. The zero-order valence-electron chi connectivity index (χ0n) is 20.0. The number of rotatable bonds is 8. The van der Waals surface area contributed by atoms with Crippen molar-refractivity contribution >= 4 is 29.0 Å². The number of methoxy groups -OCH3 is 1. The van der Waals surface area contributed by atoms with Crippen LogP contribution in [-0.2, 0) is 10.4 Å². The molecule has 0 radical (unpaired) electrons. The highest BCUT2D eigenvalue weighted by Crippen LogP contribution is 2.38. The van der Waals surface area contributed by atoms with Crippen LogP contribution in [0.2, 0.25) is 0 Å². The number of nitrogens with zero attached hydrogens (tertiary/aromatic N) is 3. The molecule has 1 fully saturated rings. The number of aromatic nitrogens is 3. The summed E-state index contributed by atoms with van der Waals surface area (Å²) in [6.07, 6.45) is 3.34. The molecule has 1 aliphatic carbocycles. The molecule has 1 aromatic carbocycles. The smallest absolute Gasteiger partial charge is 0.273 e. The molecule has 182 valence electrons. The summed E-state index contributed by atoms with van der Waals surface area (Å²) >= 11 is 0. The molecule has 2 amide bonds. The van der Waals surface area contributed by atoms with Crippen LogP contribution in [-0.4, -0.2) is 46.3 Å². The molecule has 1 aliphatic rings. The summed E-state index contributed by atoms with van der Waals surface area (Å²) < 4.78 is 5.70. The first-order chi connectivity index (χ1) is 16.7. The molecular formula is C25H28N6O4. The first kappa shape index (κ1) is 24.1. The highest BCUT2D eigenvalue weighted by Gasteiger charge is 2.30. The quantitative estimate of drug-likeness (QED) is 0.389. The van der Waals surface area contributed by atoms with Gasteiger partial charge in [0, 0.05) is 36.4 Å². The summed E-state index contributed by atoms with van der Waals surface area (Å²) in [4.78, 5) is 29.1. The van der Waals surface area contributed by atoms with E-state index in [1.807, 2.05) is 24.3 Å². The monoisotopic (exact) mass is 476 g/mol. The predicted octanol–water partition coefficient (Wildman–Crippen LogP) is 3.23. The van der Waals surface area contributed by atoms with Gasteiger partial charge in [0.1, 0.15) is 0 Å². The fourth-order valence-corrected chi connectivity index (χ4v) is 3.53.